The quantitative estimate of drug-likeness (QED) is 0.588. The number of rotatable bonds is 9. The Bertz CT molecular complexity index is 882. The second-order valence-corrected chi connectivity index (χ2v) is 7.43. The first-order valence-corrected chi connectivity index (χ1v) is 10.1. The third-order valence-electron chi connectivity index (χ3n) is 5.19. The molecule has 158 valence electrons. The third-order valence-corrected chi connectivity index (χ3v) is 5.19. The molecule has 7 heteroatoms. The second kappa shape index (κ2) is 9.91. The lowest BCUT2D eigenvalue weighted by molar-refractivity contribution is -0.137. The molecular weight excluding hydrogens is 384 g/mol. The number of fused-ring (bicyclic) bond motifs is 3. The molecule has 30 heavy (non-hydrogen) atoms. The van der Waals surface area contributed by atoms with Crippen molar-refractivity contribution < 1.29 is 24.2 Å². The molecule has 1 atom stereocenters. The molecule has 1 aliphatic carbocycles. The molecule has 0 spiro atoms. The fraction of sp³-hybridized carbons (Fsp3) is 0.348. The Morgan fingerprint density at radius 1 is 1.03 bits per heavy atom. The largest absolute Gasteiger partial charge is 0.480 e. The van der Waals surface area contributed by atoms with Gasteiger partial charge in [-0.25, -0.2) is 4.79 Å². The number of carbonyl (C=O) groups excluding carboxylic acids is 2. The molecule has 0 heterocycles. The lowest BCUT2D eigenvalue weighted by Gasteiger charge is -2.17. The van der Waals surface area contributed by atoms with Gasteiger partial charge in [-0.3, -0.25) is 9.59 Å². The van der Waals surface area contributed by atoms with Gasteiger partial charge in [0, 0.05) is 18.4 Å². The highest BCUT2D eigenvalue weighted by molar-refractivity contribution is 5.81. The van der Waals surface area contributed by atoms with Crippen molar-refractivity contribution in [3.05, 3.63) is 59.7 Å². The van der Waals surface area contributed by atoms with E-state index in [4.69, 9.17) is 9.84 Å². The van der Waals surface area contributed by atoms with Crippen LogP contribution in [-0.2, 0) is 14.3 Å². The highest BCUT2D eigenvalue weighted by atomic mass is 16.5. The molecule has 2 aromatic rings. The van der Waals surface area contributed by atoms with Gasteiger partial charge in [0.05, 0.1) is 0 Å². The number of ether oxygens (including phenoxy) is 1. The van der Waals surface area contributed by atoms with Crippen molar-refractivity contribution in [2.24, 2.45) is 0 Å². The topological polar surface area (TPSA) is 105 Å². The standard InChI is InChI=1S/C23H26N2O5/c1-15(7-6-12-21(26)24-13-22(27)28)25-23(29)30-14-20-18-10-4-2-8-16(18)17-9-3-5-11-19(17)20/h2-5,8-11,15,20H,6-7,12-14H2,1H3,(H,24,26)(H,25,29)(H,27,28). The molecule has 2 aromatic carbocycles. The number of benzene rings is 2. The molecule has 0 radical (unpaired) electrons. The lowest BCUT2D eigenvalue weighted by atomic mass is 9.98. The predicted octanol–water partition coefficient (Wildman–Crippen LogP) is 3.28. The Morgan fingerprint density at radius 2 is 1.63 bits per heavy atom. The first kappa shape index (κ1) is 21.4. The Kier molecular flexibility index (Phi) is 7.06. The molecule has 0 aliphatic heterocycles. The molecule has 1 aliphatic rings. The van der Waals surface area contributed by atoms with Gasteiger partial charge in [-0.2, -0.15) is 0 Å². The second-order valence-electron chi connectivity index (χ2n) is 7.43. The van der Waals surface area contributed by atoms with Crippen LogP contribution in [0.25, 0.3) is 11.1 Å². The summed E-state index contributed by atoms with van der Waals surface area (Å²) in [6, 6.07) is 16.2. The van der Waals surface area contributed by atoms with Crippen LogP contribution in [0.4, 0.5) is 4.79 Å². The number of amides is 2. The Labute approximate surface area is 175 Å². The number of hydrogen-bond acceptors (Lipinski definition) is 4. The summed E-state index contributed by atoms with van der Waals surface area (Å²) in [4.78, 5) is 34.2. The first-order valence-electron chi connectivity index (χ1n) is 10.1. The lowest BCUT2D eigenvalue weighted by Crippen LogP contribution is -2.34. The van der Waals surface area contributed by atoms with Gasteiger partial charge in [0.1, 0.15) is 13.2 Å². The van der Waals surface area contributed by atoms with Gasteiger partial charge in [0.15, 0.2) is 0 Å². The van der Waals surface area contributed by atoms with Crippen LogP contribution in [0.5, 0.6) is 0 Å². The molecule has 3 N–H and O–H groups in total. The number of carboxylic acids is 1. The van der Waals surface area contributed by atoms with Crippen molar-refractivity contribution in [1.82, 2.24) is 10.6 Å². The molecule has 3 rings (SSSR count). The third kappa shape index (κ3) is 5.37. The van der Waals surface area contributed by atoms with Crippen molar-refractivity contribution in [1.29, 1.82) is 0 Å². The molecule has 1 unspecified atom stereocenters. The molecule has 0 saturated carbocycles. The van der Waals surface area contributed by atoms with E-state index in [1.807, 2.05) is 31.2 Å². The van der Waals surface area contributed by atoms with Crippen LogP contribution in [0.1, 0.15) is 43.2 Å². The van der Waals surface area contributed by atoms with E-state index in [2.05, 4.69) is 34.9 Å². The highest BCUT2D eigenvalue weighted by Crippen LogP contribution is 2.44. The molecule has 2 amide bonds. The van der Waals surface area contributed by atoms with E-state index in [1.54, 1.807) is 0 Å². The smallest absolute Gasteiger partial charge is 0.407 e. The summed E-state index contributed by atoms with van der Waals surface area (Å²) < 4.78 is 5.51. The zero-order valence-corrected chi connectivity index (χ0v) is 16.9. The maximum Gasteiger partial charge on any atom is 0.407 e. The highest BCUT2D eigenvalue weighted by Gasteiger charge is 2.29. The van der Waals surface area contributed by atoms with Crippen molar-refractivity contribution >= 4 is 18.0 Å². The molecule has 0 aromatic heterocycles. The van der Waals surface area contributed by atoms with Crippen LogP contribution >= 0.6 is 0 Å². The zero-order valence-electron chi connectivity index (χ0n) is 16.9. The van der Waals surface area contributed by atoms with Crippen molar-refractivity contribution in [2.75, 3.05) is 13.2 Å². The molecule has 0 bridgehead atoms. The maximum absolute atomic E-state index is 12.2. The molecular formula is C23H26N2O5. The monoisotopic (exact) mass is 410 g/mol. The van der Waals surface area contributed by atoms with E-state index in [0.717, 1.165) is 11.1 Å². The Hall–Kier alpha value is -3.35. The summed E-state index contributed by atoms with van der Waals surface area (Å²) in [5.74, 6) is -1.38. The predicted molar refractivity (Wildman–Crippen MR) is 112 cm³/mol. The van der Waals surface area contributed by atoms with Gasteiger partial charge >= 0.3 is 12.1 Å². The number of alkyl carbamates (subject to hydrolysis) is 1. The summed E-state index contributed by atoms with van der Waals surface area (Å²) in [7, 11) is 0. The van der Waals surface area contributed by atoms with Crippen LogP contribution in [0.15, 0.2) is 48.5 Å². The summed E-state index contributed by atoms with van der Waals surface area (Å²) in [6.45, 7) is 1.72. The number of carbonyl (C=O) groups is 3. The summed E-state index contributed by atoms with van der Waals surface area (Å²) >= 11 is 0. The minimum absolute atomic E-state index is 0.0105. The molecule has 0 saturated heterocycles. The number of nitrogens with one attached hydrogen (secondary N) is 2. The number of aliphatic carboxylic acids is 1. The fourth-order valence-corrected chi connectivity index (χ4v) is 3.74. The van der Waals surface area contributed by atoms with Crippen LogP contribution in [-0.4, -0.2) is 42.3 Å². The first-order chi connectivity index (χ1) is 14.5. The van der Waals surface area contributed by atoms with E-state index in [9.17, 15) is 14.4 Å². The van der Waals surface area contributed by atoms with E-state index in [-0.39, 0.29) is 37.4 Å². The average Bonchev–Trinajstić information content (AvgIpc) is 3.04. The fourth-order valence-electron chi connectivity index (χ4n) is 3.74. The van der Waals surface area contributed by atoms with E-state index >= 15 is 0 Å². The van der Waals surface area contributed by atoms with Gasteiger partial charge in [0.2, 0.25) is 5.91 Å². The zero-order chi connectivity index (χ0) is 21.5. The van der Waals surface area contributed by atoms with E-state index in [1.165, 1.54) is 11.1 Å². The summed E-state index contributed by atoms with van der Waals surface area (Å²) in [5.41, 5.74) is 4.67. The molecule has 0 fully saturated rings. The Morgan fingerprint density at radius 3 is 2.23 bits per heavy atom. The van der Waals surface area contributed by atoms with Crippen molar-refractivity contribution in [3.8, 4) is 11.1 Å². The van der Waals surface area contributed by atoms with Crippen molar-refractivity contribution in [3.63, 3.8) is 0 Å². The molecule has 7 nitrogen and oxygen atoms in total. The van der Waals surface area contributed by atoms with Crippen LogP contribution in [0, 0.1) is 0 Å². The van der Waals surface area contributed by atoms with Crippen LogP contribution < -0.4 is 10.6 Å². The number of carboxylic acid groups (broad SMARTS) is 1. The van der Waals surface area contributed by atoms with Crippen LogP contribution in [0.3, 0.4) is 0 Å². The van der Waals surface area contributed by atoms with Gasteiger partial charge < -0.3 is 20.5 Å². The van der Waals surface area contributed by atoms with E-state index in [0.29, 0.717) is 12.8 Å². The maximum atomic E-state index is 12.2. The Balaban J connectivity index is 1.45. The SMILES string of the molecule is CC(CCCC(=O)NCC(=O)O)NC(=O)OCC1c2ccccc2-c2ccccc21. The summed E-state index contributed by atoms with van der Waals surface area (Å²) in [6.07, 6.45) is 0.852. The van der Waals surface area contributed by atoms with E-state index < -0.39 is 12.1 Å². The summed E-state index contributed by atoms with van der Waals surface area (Å²) in [5, 5.41) is 13.6. The average molecular weight is 410 g/mol. The minimum Gasteiger partial charge on any atom is -0.480 e. The van der Waals surface area contributed by atoms with Gasteiger partial charge in [-0.05, 0) is 42.0 Å². The van der Waals surface area contributed by atoms with Gasteiger partial charge in [-0.15, -0.1) is 0 Å². The number of hydrogen-bond donors (Lipinski definition) is 3. The minimum atomic E-state index is -1.08. The van der Waals surface area contributed by atoms with Crippen molar-refractivity contribution in [2.45, 2.75) is 38.1 Å². The normalized spacial score (nSPS) is 13.1. The van der Waals surface area contributed by atoms with Gasteiger partial charge in [0.25, 0.3) is 0 Å². The van der Waals surface area contributed by atoms with Crippen LogP contribution in [0.2, 0.25) is 0 Å². The van der Waals surface area contributed by atoms with Gasteiger partial charge in [-0.1, -0.05) is 48.5 Å².